The van der Waals surface area contributed by atoms with Gasteiger partial charge in [-0.15, -0.1) is 0 Å². The van der Waals surface area contributed by atoms with Crippen LogP contribution in [0.25, 0.3) is 10.9 Å². The minimum absolute atomic E-state index is 0.272. The third-order valence-electron chi connectivity index (χ3n) is 4.46. The summed E-state index contributed by atoms with van der Waals surface area (Å²) in [6, 6.07) is 8.29. The molecule has 1 aliphatic heterocycles. The van der Waals surface area contributed by atoms with Gasteiger partial charge < -0.3 is 9.47 Å². The second-order valence-electron chi connectivity index (χ2n) is 6.02. The van der Waals surface area contributed by atoms with Gasteiger partial charge in [-0.2, -0.15) is 0 Å². The molecule has 0 N–H and O–H groups in total. The maximum absolute atomic E-state index is 12.4. The van der Waals surface area contributed by atoms with Crippen LogP contribution in [0.2, 0.25) is 0 Å². The molecule has 20 heavy (non-hydrogen) atoms. The standard InChI is InChI=1S/C17H22N2O/c1-13-7-9-19(10-8-13)17(20)11-14-12-18(2)16-6-4-3-5-15(14)16/h3-6,12-13H,7-11H2,1-2H3. The number of para-hydroxylation sites is 1. The van der Waals surface area contributed by atoms with Gasteiger partial charge in [-0.3, -0.25) is 4.79 Å². The number of nitrogens with zero attached hydrogens (tertiary/aromatic N) is 2. The van der Waals surface area contributed by atoms with Crippen LogP contribution in [-0.4, -0.2) is 28.5 Å². The van der Waals surface area contributed by atoms with Crippen LogP contribution in [0.4, 0.5) is 0 Å². The van der Waals surface area contributed by atoms with Gasteiger partial charge in [0.25, 0.3) is 0 Å². The zero-order chi connectivity index (χ0) is 14.1. The highest BCUT2D eigenvalue weighted by Crippen LogP contribution is 2.22. The van der Waals surface area contributed by atoms with E-state index in [2.05, 4.69) is 29.8 Å². The first-order chi connectivity index (χ1) is 9.65. The van der Waals surface area contributed by atoms with Crippen molar-refractivity contribution >= 4 is 16.8 Å². The second kappa shape index (κ2) is 5.31. The maximum Gasteiger partial charge on any atom is 0.227 e. The fourth-order valence-electron chi connectivity index (χ4n) is 3.10. The number of aryl methyl sites for hydroxylation is 1. The highest BCUT2D eigenvalue weighted by Gasteiger charge is 2.21. The number of piperidine rings is 1. The van der Waals surface area contributed by atoms with Crippen molar-refractivity contribution in [3.63, 3.8) is 0 Å². The third kappa shape index (κ3) is 2.45. The summed E-state index contributed by atoms with van der Waals surface area (Å²) in [5.41, 5.74) is 2.34. The number of benzene rings is 1. The van der Waals surface area contributed by atoms with E-state index in [1.165, 1.54) is 10.9 Å². The van der Waals surface area contributed by atoms with E-state index in [-0.39, 0.29) is 5.91 Å². The van der Waals surface area contributed by atoms with Gasteiger partial charge in [-0.25, -0.2) is 0 Å². The van der Waals surface area contributed by atoms with Crippen molar-refractivity contribution in [3.05, 3.63) is 36.0 Å². The Kier molecular flexibility index (Phi) is 3.51. The Labute approximate surface area is 120 Å². The molecule has 106 valence electrons. The van der Waals surface area contributed by atoms with E-state index >= 15 is 0 Å². The minimum atomic E-state index is 0.272. The van der Waals surface area contributed by atoms with Crippen molar-refractivity contribution in [3.8, 4) is 0 Å². The normalized spacial score (nSPS) is 16.8. The molecule has 0 spiro atoms. The maximum atomic E-state index is 12.4. The van der Waals surface area contributed by atoms with Gasteiger partial charge in [-0.05, 0) is 30.4 Å². The fraction of sp³-hybridized carbons (Fsp3) is 0.471. The summed E-state index contributed by atoms with van der Waals surface area (Å²) in [5, 5.41) is 1.20. The lowest BCUT2D eigenvalue weighted by atomic mass is 9.98. The number of likely N-dealkylation sites (tertiary alicyclic amines) is 1. The van der Waals surface area contributed by atoms with Gasteiger partial charge >= 0.3 is 0 Å². The molecule has 1 aromatic heterocycles. The molecule has 3 heteroatoms. The molecule has 1 fully saturated rings. The topological polar surface area (TPSA) is 25.2 Å². The average molecular weight is 270 g/mol. The van der Waals surface area contributed by atoms with Crippen LogP contribution >= 0.6 is 0 Å². The average Bonchev–Trinajstić information content (AvgIpc) is 2.77. The van der Waals surface area contributed by atoms with Gasteiger partial charge in [0.05, 0.1) is 6.42 Å². The lowest BCUT2D eigenvalue weighted by Crippen LogP contribution is -2.38. The van der Waals surface area contributed by atoms with Gasteiger partial charge in [-0.1, -0.05) is 25.1 Å². The Morgan fingerprint density at radius 1 is 1.25 bits per heavy atom. The van der Waals surface area contributed by atoms with Crippen LogP contribution in [0, 0.1) is 5.92 Å². The Morgan fingerprint density at radius 2 is 1.95 bits per heavy atom. The van der Waals surface area contributed by atoms with Crippen molar-refractivity contribution in [2.45, 2.75) is 26.2 Å². The van der Waals surface area contributed by atoms with E-state index in [1.807, 2.05) is 24.1 Å². The number of hydrogen-bond acceptors (Lipinski definition) is 1. The molecule has 1 aliphatic rings. The third-order valence-corrected chi connectivity index (χ3v) is 4.46. The first-order valence-corrected chi connectivity index (χ1v) is 7.46. The van der Waals surface area contributed by atoms with Crippen molar-refractivity contribution in [1.29, 1.82) is 0 Å². The highest BCUT2D eigenvalue weighted by atomic mass is 16.2. The van der Waals surface area contributed by atoms with Crippen LogP contribution in [0.3, 0.4) is 0 Å². The molecule has 0 atom stereocenters. The van der Waals surface area contributed by atoms with Gasteiger partial charge in [0, 0.05) is 37.2 Å². The second-order valence-corrected chi connectivity index (χ2v) is 6.02. The Hall–Kier alpha value is -1.77. The van der Waals surface area contributed by atoms with E-state index in [0.717, 1.165) is 37.4 Å². The zero-order valence-electron chi connectivity index (χ0n) is 12.3. The first-order valence-electron chi connectivity index (χ1n) is 7.46. The lowest BCUT2D eigenvalue weighted by Gasteiger charge is -2.30. The quantitative estimate of drug-likeness (QED) is 0.823. The summed E-state index contributed by atoms with van der Waals surface area (Å²) in [6.07, 6.45) is 4.90. The number of carbonyl (C=O) groups excluding carboxylic acids is 1. The minimum Gasteiger partial charge on any atom is -0.350 e. The van der Waals surface area contributed by atoms with Crippen molar-refractivity contribution in [2.75, 3.05) is 13.1 Å². The summed E-state index contributed by atoms with van der Waals surface area (Å²) in [7, 11) is 2.04. The largest absolute Gasteiger partial charge is 0.350 e. The van der Waals surface area contributed by atoms with Crippen LogP contribution in [0.1, 0.15) is 25.3 Å². The van der Waals surface area contributed by atoms with Gasteiger partial charge in [0.15, 0.2) is 0 Å². The van der Waals surface area contributed by atoms with Crippen molar-refractivity contribution < 1.29 is 4.79 Å². The number of hydrogen-bond donors (Lipinski definition) is 0. The summed E-state index contributed by atoms with van der Waals surface area (Å²) >= 11 is 0. The van der Waals surface area contributed by atoms with Gasteiger partial charge in [0.1, 0.15) is 0 Å². The molecule has 2 aromatic rings. The summed E-state index contributed by atoms with van der Waals surface area (Å²) in [5.74, 6) is 1.03. The van der Waals surface area contributed by atoms with E-state index in [9.17, 15) is 4.79 Å². The highest BCUT2D eigenvalue weighted by molar-refractivity contribution is 5.89. The number of aromatic nitrogens is 1. The molecule has 0 saturated carbocycles. The molecular weight excluding hydrogens is 248 g/mol. The number of amides is 1. The molecule has 0 aliphatic carbocycles. The molecule has 1 amide bonds. The molecule has 0 unspecified atom stereocenters. The Morgan fingerprint density at radius 3 is 2.70 bits per heavy atom. The fourth-order valence-corrected chi connectivity index (χ4v) is 3.10. The van der Waals surface area contributed by atoms with E-state index in [1.54, 1.807) is 0 Å². The molecule has 3 rings (SSSR count). The van der Waals surface area contributed by atoms with Crippen LogP contribution in [0.5, 0.6) is 0 Å². The van der Waals surface area contributed by atoms with Crippen LogP contribution in [-0.2, 0) is 18.3 Å². The number of carbonyl (C=O) groups is 1. The molecule has 3 nitrogen and oxygen atoms in total. The molecule has 0 radical (unpaired) electrons. The van der Waals surface area contributed by atoms with E-state index < -0.39 is 0 Å². The summed E-state index contributed by atoms with van der Waals surface area (Å²) in [4.78, 5) is 14.5. The summed E-state index contributed by atoms with van der Waals surface area (Å²) in [6.45, 7) is 4.11. The van der Waals surface area contributed by atoms with E-state index in [0.29, 0.717) is 6.42 Å². The molecule has 2 heterocycles. The predicted octanol–water partition coefficient (Wildman–Crippen LogP) is 2.98. The summed E-state index contributed by atoms with van der Waals surface area (Å²) < 4.78 is 2.11. The smallest absolute Gasteiger partial charge is 0.227 e. The van der Waals surface area contributed by atoms with Crippen LogP contribution < -0.4 is 0 Å². The molecule has 1 aromatic carbocycles. The molecular formula is C17H22N2O. The Bertz CT molecular complexity index is 621. The first kappa shape index (κ1) is 13.2. The zero-order valence-corrected chi connectivity index (χ0v) is 12.3. The Balaban J connectivity index is 1.78. The number of fused-ring (bicyclic) bond motifs is 1. The van der Waals surface area contributed by atoms with E-state index in [4.69, 9.17) is 0 Å². The van der Waals surface area contributed by atoms with Crippen molar-refractivity contribution in [2.24, 2.45) is 13.0 Å². The molecule has 1 saturated heterocycles. The lowest BCUT2D eigenvalue weighted by molar-refractivity contribution is -0.131. The SMILES string of the molecule is CC1CCN(C(=O)Cc2cn(C)c3ccccc23)CC1. The predicted molar refractivity (Wildman–Crippen MR) is 81.6 cm³/mol. The monoisotopic (exact) mass is 270 g/mol. The molecule has 0 bridgehead atoms. The number of rotatable bonds is 2. The van der Waals surface area contributed by atoms with Crippen molar-refractivity contribution in [1.82, 2.24) is 9.47 Å². The van der Waals surface area contributed by atoms with Gasteiger partial charge in [0.2, 0.25) is 5.91 Å². The van der Waals surface area contributed by atoms with Crippen LogP contribution in [0.15, 0.2) is 30.5 Å².